The highest BCUT2D eigenvalue weighted by atomic mass is 19.2. The van der Waals surface area contributed by atoms with E-state index < -0.39 is 17.5 Å². The van der Waals surface area contributed by atoms with E-state index in [-0.39, 0.29) is 16.5 Å². The van der Waals surface area contributed by atoms with E-state index in [9.17, 15) is 13.2 Å². The van der Waals surface area contributed by atoms with Crippen LogP contribution in [0.25, 0.3) is 22.4 Å². The molecule has 0 amide bonds. The first-order chi connectivity index (χ1) is 12.0. The predicted molar refractivity (Wildman–Crippen MR) is 95.3 cm³/mol. The number of hydrogen-bond acceptors (Lipinski definition) is 1. The van der Waals surface area contributed by atoms with Crippen molar-refractivity contribution in [3.05, 3.63) is 77.1 Å². The van der Waals surface area contributed by atoms with Crippen LogP contribution in [0.3, 0.4) is 0 Å². The fourth-order valence-corrected chi connectivity index (χ4v) is 2.71. The van der Waals surface area contributed by atoms with Crippen molar-refractivity contribution in [2.75, 3.05) is 7.11 Å². The Bertz CT molecular complexity index is 943. The SMILES string of the molecule is CCc1ccc2c(F)c(C(F)=C(F)c3ccc(OC)cc3)ccc2c1. The molecule has 3 aromatic carbocycles. The van der Waals surface area contributed by atoms with Gasteiger partial charge in [0.15, 0.2) is 11.7 Å². The molecule has 0 heterocycles. The molecule has 0 bridgehead atoms. The quantitative estimate of drug-likeness (QED) is 0.505. The van der Waals surface area contributed by atoms with Crippen LogP contribution < -0.4 is 4.74 Å². The molecule has 3 aromatic rings. The monoisotopic (exact) mass is 342 g/mol. The molecule has 1 nitrogen and oxygen atoms in total. The van der Waals surface area contributed by atoms with Crippen LogP contribution in [0.1, 0.15) is 23.6 Å². The number of benzene rings is 3. The minimum Gasteiger partial charge on any atom is -0.497 e. The highest BCUT2D eigenvalue weighted by Crippen LogP contribution is 2.33. The molecule has 4 heteroatoms. The molecule has 0 aliphatic heterocycles. The lowest BCUT2D eigenvalue weighted by molar-refractivity contribution is 0.414. The van der Waals surface area contributed by atoms with E-state index >= 15 is 0 Å². The van der Waals surface area contributed by atoms with E-state index in [2.05, 4.69) is 0 Å². The van der Waals surface area contributed by atoms with E-state index in [1.54, 1.807) is 18.2 Å². The first-order valence-electron chi connectivity index (χ1n) is 7.96. The van der Waals surface area contributed by atoms with Crippen LogP contribution in [0, 0.1) is 5.82 Å². The van der Waals surface area contributed by atoms with Crippen molar-refractivity contribution in [1.29, 1.82) is 0 Å². The van der Waals surface area contributed by atoms with E-state index in [1.165, 1.54) is 37.4 Å². The number of methoxy groups -OCH3 is 1. The molecular weight excluding hydrogens is 325 g/mol. The van der Waals surface area contributed by atoms with Gasteiger partial charge in [-0.25, -0.2) is 13.2 Å². The maximum Gasteiger partial charge on any atom is 0.169 e. The molecule has 25 heavy (non-hydrogen) atoms. The smallest absolute Gasteiger partial charge is 0.169 e. The van der Waals surface area contributed by atoms with Crippen LogP contribution in [-0.2, 0) is 6.42 Å². The third kappa shape index (κ3) is 3.25. The molecule has 128 valence electrons. The highest BCUT2D eigenvalue weighted by Gasteiger charge is 2.17. The minimum absolute atomic E-state index is 0.0270. The zero-order valence-electron chi connectivity index (χ0n) is 13.9. The van der Waals surface area contributed by atoms with Crippen LogP contribution in [0.15, 0.2) is 54.6 Å². The van der Waals surface area contributed by atoms with Gasteiger partial charge in [-0.3, -0.25) is 0 Å². The largest absolute Gasteiger partial charge is 0.497 e. The van der Waals surface area contributed by atoms with Crippen LogP contribution in [0.2, 0.25) is 0 Å². The number of rotatable bonds is 4. The number of fused-ring (bicyclic) bond motifs is 1. The zero-order valence-corrected chi connectivity index (χ0v) is 13.9. The van der Waals surface area contributed by atoms with Crippen LogP contribution >= 0.6 is 0 Å². The van der Waals surface area contributed by atoms with Crippen molar-refractivity contribution >= 4 is 22.4 Å². The summed E-state index contributed by atoms with van der Waals surface area (Å²) in [6.45, 7) is 2.00. The number of halogens is 3. The maximum absolute atomic E-state index is 14.7. The number of aryl methyl sites for hydroxylation is 1. The summed E-state index contributed by atoms with van der Waals surface area (Å²) in [6, 6.07) is 13.9. The van der Waals surface area contributed by atoms with Crippen molar-refractivity contribution in [1.82, 2.24) is 0 Å². The van der Waals surface area contributed by atoms with Gasteiger partial charge in [0, 0.05) is 16.5 Å². The van der Waals surface area contributed by atoms with Crippen molar-refractivity contribution in [2.24, 2.45) is 0 Å². The van der Waals surface area contributed by atoms with Gasteiger partial charge >= 0.3 is 0 Å². The maximum atomic E-state index is 14.7. The van der Waals surface area contributed by atoms with Crippen LogP contribution in [0.5, 0.6) is 5.75 Å². The first kappa shape index (κ1) is 17.1. The molecular formula is C21H17F3O. The summed E-state index contributed by atoms with van der Waals surface area (Å²) in [5, 5.41) is 0.936. The molecule has 3 rings (SSSR count). The fourth-order valence-electron chi connectivity index (χ4n) is 2.71. The molecule has 0 atom stereocenters. The first-order valence-corrected chi connectivity index (χ1v) is 7.96. The second kappa shape index (κ2) is 7.01. The predicted octanol–water partition coefficient (Wildman–Crippen LogP) is 6.31. The summed E-state index contributed by atoms with van der Waals surface area (Å²) in [4.78, 5) is 0. The molecule has 0 radical (unpaired) electrons. The van der Waals surface area contributed by atoms with E-state index in [1.807, 2.05) is 13.0 Å². The Balaban J connectivity index is 2.08. The Morgan fingerprint density at radius 1 is 0.920 bits per heavy atom. The average molecular weight is 342 g/mol. The Hall–Kier alpha value is -2.75. The standard InChI is InChI=1S/C21H17F3O/c1-3-13-4-10-17-15(12-13)7-11-18(20(17)23)21(24)19(22)14-5-8-16(25-2)9-6-14/h4-12H,3H2,1-2H3. The Labute approximate surface area is 144 Å². The van der Waals surface area contributed by atoms with Crippen molar-refractivity contribution in [3.63, 3.8) is 0 Å². The molecule has 0 spiro atoms. The van der Waals surface area contributed by atoms with Crippen LogP contribution in [-0.4, -0.2) is 7.11 Å². The topological polar surface area (TPSA) is 9.23 Å². The molecule has 0 unspecified atom stereocenters. The van der Waals surface area contributed by atoms with Crippen molar-refractivity contribution in [3.8, 4) is 5.75 Å². The Morgan fingerprint density at radius 3 is 2.28 bits per heavy atom. The van der Waals surface area contributed by atoms with Crippen molar-refractivity contribution in [2.45, 2.75) is 13.3 Å². The van der Waals surface area contributed by atoms with Gasteiger partial charge in [0.1, 0.15) is 11.6 Å². The number of ether oxygens (including phenoxy) is 1. The second-order valence-corrected chi connectivity index (χ2v) is 5.69. The summed E-state index contributed by atoms with van der Waals surface area (Å²) in [5.41, 5.74) is 0.698. The normalized spacial score (nSPS) is 12.2. The summed E-state index contributed by atoms with van der Waals surface area (Å²) in [7, 11) is 1.48. The van der Waals surface area contributed by atoms with Gasteiger partial charge in [-0.05, 0) is 47.7 Å². The molecule has 0 aliphatic carbocycles. The molecule has 0 aromatic heterocycles. The summed E-state index contributed by atoms with van der Waals surface area (Å²) >= 11 is 0. The van der Waals surface area contributed by atoms with Crippen molar-refractivity contribution < 1.29 is 17.9 Å². The second-order valence-electron chi connectivity index (χ2n) is 5.69. The molecule has 0 fully saturated rings. The fraction of sp³-hybridized carbons (Fsp3) is 0.143. The third-order valence-corrected chi connectivity index (χ3v) is 4.20. The Kier molecular flexibility index (Phi) is 4.79. The number of hydrogen-bond donors (Lipinski definition) is 0. The lowest BCUT2D eigenvalue weighted by Gasteiger charge is -2.08. The van der Waals surface area contributed by atoms with Gasteiger partial charge in [-0.2, -0.15) is 0 Å². The lowest BCUT2D eigenvalue weighted by Crippen LogP contribution is -1.92. The molecule has 0 saturated heterocycles. The summed E-state index contributed by atoms with van der Waals surface area (Å²) < 4.78 is 48.7. The third-order valence-electron chi connectivity index (χ3n) is 4.20. The van der Waals surface area contributed by atoms with E-state index in [4.69, 9.17) is 4.74 Å². The van der Waals surface area contributed by atoms with Gasteiger partial charge in [0.05, 0.1) is 7.11 Å². The van der Waals surface area contributed by atoms with E-state index in [0.29, 0.717) is 11.1 Å². The molecule has 0 N–H and O–H groups in total. The van der Waals surface area contributed by atoms with E-state index in [0.717, 1.165) is 12.0 Å². The molecule has 0 aliphatic rings. The Morgan fingerprint density at radius 2 is 1.64 bits per heavy atom. The van der Waals surface area contributed by atoms with Gasteiger partial charge in [-0.15, -0.1) is 0 Å². The molecule has 0 saturated carbocycles. The minimum atomic E-state index is -1.22. The van der Waals surface area contributed by atoms with Gasteiger partial charge < -0.3 is 4.74 Å². The van der Waals surface area contributed by atoms with Gasteiger partial charge in [-0.1, -0.05) is 31.2 Å². The van der Waals surface area contributed by atoms with Gasteiger partial charge in [0.25, 0.3) is 0 Å². The summed E-state index contributed by atoms with van der Waals surface area (Å²) in [5.74, 6) is -2.56. The average Bonchev–Trinajstić information content (AvgIpc) is 2.67. The highest BCUT2D eigenvalue weighted by molar-refractivity contribution is 5.91. The van der Waals surface area contributed by atoms with Crippen LogP contribution in [0.4, 0.5) is 13.2 Å². The lowest BCUT2D eigenvalue weighted by atomic mass is 10.0. The zero-order chi connectivity index (χ0) is 18.0. The summed E-state index contributed by atoms with van der Waals surface area (Å²) in [6.07, 6.45) is 0.819. The van der Waals surface area contributed by atoms with Gasteiger partial charge in [0.2, 0.25) is 0 Å².